The highest BCUT2D eigenvalue weighted by atomic mass is 15.1. The normalized spacial score (nSPS) is 21.6. The Hall–Kier alpha value is -0.0800. The molecule has 1 rings (SSSR count). The fourth-order valence-electron chi connectivity index (χ4n) is 2.77. The van der Waals surface area contributed by atoms with Crippen LogP contribution in [0.4, 0.5) is 0 Å². The first-order valence-electron chi connectivity index (χ1n) is 8.03. The topological polar surface area (TPSA) is 15.3 Å². The zero-order valence-electron chi connectivity index (χ0n) is 14.4. The van der Waals surface area contributed by atoms with Crippen molar-refractivity contribution in [2.75, 3.05) is 26.2 Å². The lowest BCUT2D eigenvalue weighted by molar-refractivity contribution is 0.0803. The van der Waals surface area contributed by atoms with Gasteiger partial charge in [-0.2, -0.15) is 0 Å². The molecule has 1 saturated heterocycles. The average Bonchev–Trinajstić information content (AvgIpc) is 2.29. The molecular weight excluding hydrogens is 232 g/mol. The van der Waals surface area contributed by atoms with Crippen molar-refractivity contribution in [2.45, 2.75) is 73.3 Å². The van der Waals surface area contributed by atoms with Crippen LogP contribution >= 0.6 is 0 Å². The molecule has 1 aliphatic rings. The average molecular weight is 268 g/mol. The highest BCUT2D eigenvalue weighted by molar-refractivity contribution is 4.86. The first kappa shape index (κ1) is 17.0. The van der Waals surface area contributed by atoms with E-state index in [0.29, 0.717) is 10.8 Å². The number of likely N-dealkylation sites (tertiary alicyclic amines) is 1. The lowest BCUT2D eigenvalue weighted by Gasteiger charge is -2.42. The molecule has 0 aromatic rings. The highest BCUT2D eigenvalue weighted by Gasteiger charge is 2.31. The van der Waals surface area contributed by atoms with E-state index in [-0.39, 0.29) is 5.54 Å². The van der Waals surface area contributed by atoms with Gasteiger partial charge in [0, 0.05) is 18.6 Å². The minimum absolute atomic E-state index is 0.222. The van der Waals surface area contributed by atoms with E-state index >= 15 is 0 Å². The Labute approximate surface area is 121 Å². The first-order chi connectivity index (χ1) is 8.55. The summed E-state index contributed by atoms with van der Waals surface area (Å²) in [4.78, 5) is 2.67. The molecular formula is C17H36N2. The molecule has 1 fully saturated rings. The van der Waals surface area contributed by atoms with Crippen LogP contribution in [0, 0.1) is 10.8 Å². The Kier molecular flexibility index (Phi) is 5.48. The summed E-state index contributed by atoms with van der Waals surface area (Å²) in [5, 5.41) is 3.65. The van der Waals surface area contributed by atoms with Gasteiger partial charge in [0.2, 0.25) is 0 Å². The van der Waals surface area contributed by atoms with E-state index in [0.717, 1.165) is 6.54 Å². The number of piperidine rings is 1. The fourth-order valence-corrected chi connectivity index (χ4v) is 2.77. The zero-order valence-corrected chi connectivity index (χ0v) is 14.4. The molecule has 0 amide bonds. The van der Waals surface area contributed by atoms with E-state index in [1.165, 1.54) is 38.9 Å². The van der Waals surface area contributed by atoms with Crippen molar-refractivity contribution in [3.63, 3.8) is 0 Å². The van der Waals surface area contributed by atoms with Gasteiger partial charge in [-0.1, -0.05) is 34.1 Å². The van der Waals surface area contributed by atoms with E-state index in [1.54, 1.807) is 0 Å². The second-order valence-electron chi connectivity index (χ2n) is 8.71. The van der Waals surface area contributed by atoms with Crippen LogP contribution in [0.2, 0.25) is 0 Å². The summed E-state index contributed by atoms with van der Waals surface area (Å²) in [5.74, 6) is 0. The van der Waals surface area contributed by atoms with Crippen molar-refractivity contribution in [3.05, 3.63) is 0 Å². The summed E-state index contributed by atoms with van der Waals surface area (Å²) in [7, 11) is 0. The van der Waals surface area contributed by atoms with Crippen LogP contribution in [0.15, 0.2) is 0 Å². The maximum absolute atomic E-state index is 3.65. The molecule has 2 heteroatoms. The molecule has 0 aromatic carbocycles. The maximum Gasteiger partial charge on any atom is 0.00967 e. The smallest absolute Gasteiger partial charge is 0.00967 e. The molecule has 0 bridgehead atoms. The van der Waals surface area contributed by atoms with Crippen LogP contribution in [-0.4, -0.2) is 36.6 Å². The van der Waals surface area contributed by atoms with E-state index in [2.05, 4.69) is 58.7 Å². The molecule has 0 spiro atoms. The van der Waals surface area contributed by atoms with Crippen LogP contribution in [0.25, 0.3) is 0 Å². The van der Waals surface area contributed by atoms with Crippen molar-refractivity contribution < 1.29 is 0 Å². The molecule has 0 aliphatic carbocycles. The third kappa shape index (κ3) is 6.27. The standard InChI is InChI=1S/C17H36N2/c1-8-17(7)9-11-19(12-10-17)14-16(5,6)13-18-15(2,3)4/h18H,8-14H2,1-7H3. The molecule has 19 heavy (non-hydrogen) atoms. The van der Waals surface area contributed by atoms with Gasteiger partial charge in [-0.25, -0.2) is 0 Å². The van der Waals surface area contributed by atoms with Crippen LogP contribution in [0.5, 0.6) is 0 Å². The van der Waals surface area contributed by atoms with Crippen molar-refractivity contribution in [1.82, 2.24) is 10.2 Å². The molecule has 0 saturated carbocycles. The Morgan fingerprint density at radius 1 is 1.05 bits per heavy atom. The molecule has 0 unspecified atom stereocenters. The van der Waals surface area contributed by atoms with Crippen molar-refractivity contribution >= 4 is 0 Å². The molecule has 1 heterocycles. The summed E-state index contributed by atoms with van der Waals surface area (Å²) in [6.45, 7) is 21.2. The molecule has 2 nitrogen and oxygen atoms in total. The Bertz CT molecular complexity index is 267. The van der Waals surface area contributed by atoms with E-state index < -0.39 is 0 Å². The number of nitrogens with one attached hydrogen (secondary N) is 1. The monoisotopic (exact) mass is 268 g/mol. The molecule has 0 atom stereocenters. The lowest BCUT2D eigenvalue weighted by Crippen LogP contribution is -2.48. The zero-order chi connectivity index (χ0) is 14.7. The number of rotatable bonds is 5. The van der Waals surface area contributed by atoms with E-state index in [1.807, 2.05) is 0 Å². The Balaban J connectivity index is 2.39. The third-order valence-electron chi connectivity index (χ3n) is 4.67. The van der Waals surface area contributed by atoms with Gasteiger partial charge < -0.3 is 10.2 Å². The van der Waals surface area contributed by atoms with Gasteiger partial charge >= 0.3 is 0 Å². The van der Waals surface area contributed by atoms with Crippen LogP contribution < -0.4 is 5.32 Å². The van der Waals surface area contributed by atoms with Gasteiger partial charge in [-0.3, -0.25) is 0 Å². The largest absolute Gasteiger partial charge is 0.311 e. The first-order valence-corrected chi connectivity index (χ1v) is 8.03. The molecule has 1 N–H and O–H groups in total. The van der Waals surface area contributed by atoms with E-state index in [9.17, 15) is 0 Å². The van der Waals surface area contributed by atoms with Gasteiger partial charge in [0.1, 0.15) is 0 Å². The quantitative estimate of drug-likeness (QED) is 0.813. The van der Waals surface area contributed by atoms with Crippen LogP contribution in [0.3, 0.4) is 0 Å². The molecule has 114 valence electrons. The van der Waals surface area contributed by atoms with Gasteiger partial charge in [-0.15, -0.1) is 0 Å². The van der Waals surface area contributed by atoms with Gasteiger partial charge in [0.25, 0.3) is 0 Å². The maximum atomic E-state index is 3.65. The fraction of sp³-hybridized carbons (Fsp3) is 1.00. The minimum atomic E-state index is 0.222. The predicted octanol–water partition coefficient (Wildman–Crippen LogP) is 3.91. The summed E-state index contributed by atoms with van der Waals surface area (Å²) >= 11 is 0. The molecule has 0 aromatic heterocycles. The number of hydrogen-bond donors (Lipinski definition) is 1. The molecule has 0 radical (unpaired) electrons. The molecule has 1 aliphatic heterocycles. The van der Waals surface area contributed by atoms with Gasteiger partial charge in [0.05, 0.1) is 0 Å². The van der Waals surface area contributed by atoms with Gasteiger partial charge in [-0.05, 0) is 57.5 Å². The number of nitrogens with zero attached hydrogens (tertiary/aromatic N) is 1. The number of hydrogen-bond acceptors (Lipinski definition) is 2. The minimum Gasteiger partial charge on any atom is -0.311 e. The summed E-state index contributed by atoms with van der Waals surface area (Å²) in [5.41, 5.74) is 1.18. The Morgan fingerprint density at radius 3 is 2.00 bits per heavy atom. The second-order valence-corrected chi connectivity index (χ2v) is 8.71. The van der Waals surface area contributed by atoms with Crippen molar-refractivity contribution in [1.29, 1.82) is 0 Å². The van der Waals surface area contributed by atoms with Crippen molar-refractivity contribution in [2.24, 2.45) is 10.8 Å². The summed E-state index contributed by atoms with van der Waals surface area (Å²) < 4.78 is 0. The highest BCUT2D eigenvalue weighted by Crippen LogP contribution is 2.34. The van der Waals surface area contributed by atoms with Crippen LogP contribution in [-0.2, 0) is 0 Å². The second kappa shape index (κ2) is 6.13. The van der Waals surface area contributed by atoms with Crippen molar-refractivity contribution in [3.8, 4) is 0 Å². The summed E-state index contributed by atoms with van der Waals surface area (Å²) in [6.07, 6.45) is 4.06. The third-order valence-corrected chi connectivity index (χ3v) is 4.67. The van der Waals surface area contributed by atoms with Crippen LogP contribution in [0.1, 0.15) is 67.7 Å². The lowest BCUT2D eigenvalue weighted by atomic mass is 9.77. The SMILES string of the molecule is CCC1(C)CCN(CC(C)(C)CNC(C)(C)C)CC1. The summed E-state index contributed by atoms with van der Waals surface area (Å²) in [6, 6.07) is 0. The Morgan fingerprint density at radius 2 is 1.58 bits per heavy atom. The van der Waals surface area contributed by atoms with Gasteiger partial charge in [0.15, 0.2) is 0 Å². The predicted molar refractivity (Wildman–Crippen MR) is 85.6 cm³/mol. The van der Waals surface area contributed by atoms with E-state index in [4.69, 9.17) is 0 Å².